The van der Waals surface area contributed by atoms with Gasteiger partial charge in [-0.3, -0.25) is 13.9 Å². The minimum absolute atomic E-state index is 0.0495. The average molecular weight is 548 g/mol. The fourth-order valence-corrected chi connectivity index (χ4v) is 6.92. The number of carbonyl (C=O) groups is 2. The number of hydrogen-bond acceptors (Lipinski definition) is 4. The van der Waals surface area contributed by atoms with Gasteiger partial charge in [-0.1, -0.05) is 60.5 Å². The number of halogens is 2. The lowest BCUT2D eigenvalue weighted by Crippen LogP contribution is -2.48. The second-order valence-corrected chi connectivity index (χ2v) is 11.2. The fraction of sp³-hybridized carbons (Fsp3) is 0.308. The summed E-state index contributed by atoms with van der Waals surface area (Å²) in [5, 5.41) is 4.97. The third-order valence-electron chi connectivity index (χ3n) is 6.46. The first kappa shape index (κ1) is 26.3. The highest BCUT2D eigenvalue weighted by atomic mass is 35.5. The number of benzene rings is 3. The van der Waals surface area contributed by atoms with Crippen LogP contribution in [0.5, 0.6) is 0 Å². The average Bonchev–Trinajstić information content (AvgIpc) is 3.08. The molecule has 7 nitrogen and oxygen atoms in total. The van der Waals surface area contributed by atoms with Crippen molar-refractivity contribution >= 4 is 61.5 Å². The molecule has 1 aliphatic rings. The van der Waals surface area contributed by atoms with Gasteiger partial charge in [0.2, 0.25) is 11.8 Å². The van der Waals surface area contributed by atoms with E-state index in [1.807, 2.05) is 25.1 Å². The quantitative estimate of drug-likeness (QED) is 0.408. The normalized spacial score (nSPS) is 14.6. The van der Waals surface area contributed by atoms with Crippen molar-refractivity contribution < 1.29 is 18.0 Å². The Morgan fingerprint density at radius 1 is 1.03 bits per heavy atom. The predicted molar refractivity (Wildman–Crippen MR) is 143 cm³/mol. The molecule has 0 bridgehead atoms. The van der Waals surface area contributed by atoms with Crippen LogP contribution >= 0.6 is 23.2 Å². The van der Waals surface area contributed by atoms with Crippen molar-refractivity contribution in [1.82, 2.24) is 10.2 Å². The third kappa shape index (κ3) is 4.77. The molecular formula is C26H27Cl2N3O4S. The molecule has 0 fully saturated rings. The van der Waals surface area contributed by atoms with Crippen molar-refractivity contribution in [3.63, 3.8) is 0 Å². The van der Waals surface area contributed by atoms with E-state index in [-0.39, 0.29) is 42.6 Å². The lowest BCUT2D eigenvalue weighted by molar-refractivity contribution is -0.141. The maximum Gasteiger partial charge on any atom is 0.265 e. The van der Waals surface area contributed by atoms with Gasteiger partial charge in [-0.15, -0.1) is 0 Å². The van der Waals surface area contributed by atoms with Gasteiger partial charge >= 0.3 is 0 Å². The molecule has 1 aliphatic heterocycles. The first-order valence-electron chi connectivity index (χ1n) is 11.7. The second kappa shape index (κ2) is 10.7. The molecule has 0 spiro atoms. The van der Waals surface area contributed by atoms with Crippen LogP contribution in [0.1, 0.15) is 31.7 Å². The molecular weight excluding hydrogens is 521 g/mol. The summed E-state index contributed by atoms with van der Waals surface area (Å²) in [6, 6.07) is 15.1. The topological polar surface area (TPSA) is 86.8 Å². The van der Waals surface area contributed by atoms with Crippen molar-refractivity contribution in [3.05, 3.63) is 70.2 Å². The Morgan fingerprint density at radius 2 is 1.67 bits per heavy atom. The summed E-state index contributed by atoms with van der Waals surface area (Å²) in [5.74, 6) is -0.577. The van der Waals surface area contributed by atoms with E-state index in [2.05, 4.69) is 5.32 Å². The van der Waals surface area contributed by atoms with Gasteiger partial charge in [-0.05, 0) is 42.5 Å². The van der Waals surface area contributed by atoms with Crippen LogP contribution in [0.3, 0.4) is 0 Å². The van der Waals surface area contributed by atoms with Crippen LogP contribution in [0.15, 0.2) is 59.5 Å². The Morgan fingerprint density at radius 3 is 2.31 bits per heavy atom. The molecule has 1 atom stereocenters. The maximum atomic E-state index is 13.4. The van der Waals surface area contributed by atoms with Gasteiger partial charge < -0.3 is 10.2 Å². The van der Waals surface area contributed by atoms with Crippen LogP contribution < -0.4 is 9.62 Å². The van der Waals surface area contributed by atoms with Gasteiger partial charge in [0, 0.05) is 47.6 Å². The Kier molecular flexibility index (Phi) is 7.78. The molecule has 3 aromatic rings. The van der Waals surface area contributed by atoms with E-state index in [9.17, 15) is 18.0 Å². The van der Waals surface area contributed by atoms with Gasteiger partial charge in [-0.2, -0.15) is 0 Å². The van der Waals surface area contributed by atoms with Crippen LogP contribution in [-0.4, -0.2) is 44.8 Å². The van der Waals surface area contributed by atoms with Crippen molar-refractivity contribution in [2.45, 2.75) is 43.7 Å². The molecule has 1 N–H and O–H groups in total. The third-order valence-corrected chi connectivity index (χ3v) is 9.02. The highest BCUT2D eigenvalue weighted by Crippen LogP contribution is 2.42. The summed E-state index contributed by atoms with van der Waals surface area (Å²) >= 11 is 12.7. The van der Waals surface area contributed by atoms with Gasteiger partial charge in [0.05, 0.1) is 10.6 Å². The van der Waals surface area contributed by atoms with E-state index in [4.69, 9.17) is 23.2 Å². The van der Waals surface area contributed by atoms with Crippen molar-refractivity contribution in [2.75, 3.05) is 17.9 Å². The number of nitrogens with one attached hydrogen (secondary N) is 1. The molecule has 0 saturated heterocycles. The Hall–Kier alpha value is -2.81. The minimum atomic E-state index is -3.71. The zero-order valence-corrected chi connectivity index (χ0v) is 22.3. The van der Waals surface area contributed by atoms with Gasteiger partial charge in [-0.25, -0.2) is 8.42 Å². The highest BCUT2D eigenvalue weighted by molar-refractivity contribution is 7.93. The van der Waals surface area contributed by atoms with E-state index < -0.39 is 16.1 Å². The second-order valence-electron chi connectivity index (χ2n) is 8.57. The van der Waals surface area contributed by atoms with E-state index in [1.165, 1.54) is 16.3 Å². The van der Waals surface area contributed by atoms with Crippen LogP contribution in [0, 0.1) is 0 Å². The van der Waals surface area contributed by atoms with Crippen LogP contribution in [0.4, 0.5) is 5.69 Å². The van der Waals surface area contributed by atoms with Crippen molar-refractivity contribution in [3.8, 4) is 0 Å². The monoisotopic (exact) mass is 547 g/mol. The predicted octanol–water partition coefficient (Wildman–Crippen LogP) is 4.99. The molecule has 0 unspecified atom stereocenters. The van der Waals surface area contributed by atoms with Crippen LogP contribution in [-0.2, 0) is 26.2 Å². The Bertz CT molecular complexity index is 1400. The van der Waals surface area contributed by atoms with Crippen LogP contribution in [0.25, 0.3) is 10.8 Å². The summed E-state index contributed by atoms with van der Waals surface area (Å²) in [4.78, 5) is 27.8. The minimum Gasteiger partial charge on any atom is -0.357 e. The first-order chi connectivity index (χ1) is 17.2. The lowest BCUT2D eigenvalue weighted by atomic mass is 10.1. The number of rotatable bonds is 9. The molecule has 4 rings (SSSR count). The molecule has 1 heterocycles. The van der Waals surface area contributed by atoms with E-state index in [0.717, 1.165) is 5.39 Å². The summed E-state index contributed by atoms with van der Waals surface area (Å²) in [5.41, 5.74) is 1.17. The number of likely N-dealkylation sites (N-methyl/N-ethyl adjacent to an activating group) is 1. The molecule has 0 aliphatic carbocycles. The molecule has 0 radical (unpaired) electrons. The van der Waals surface area contributed by atoms with Gasteiger partial charge in [0.25, 0.3) is 10.0 Å². The number of sulfonamides is 1. The maximum absolute atomic E-state index is 13.4. The Labute approximate surface area is 221 Å². The standard InChI is InChI=1S/C26H27Cl2N3O4S/c1-3-21(26(33)29-2)30(16-18-19(27)10-6-11-20(18)28)24(32)14-7-15-31-22-12-4-8-17-9-5-13-23(25(17)22)36(31,34)35/h4-6,8-13,21H,3,7,14-16H2,1-2H3,(H,29,33)/t21-/m0/s1. The number of amides is 2. The highest BCUT2D eigenvalue weighted by Gasteiger charge is 2.35. The Balaban J connectivity index is 1.55. The largest absolute Gasteiger partial charge is 0.357 e. The zero-order chi connectivity index (χ0) is 26.0. The fourth-order valence-electron chi connectivity index (χ4n) is 4.66. The number of carbonyl (C=O) groups excluding carboxylic acids is 2. The summed E-state index contributed by atoms with van der Waals surface area (Å²) < 4.78 is 27.8. The smallest absolute Gasteiger partial charge is 0.265 e. The zero-order valence-electron chi connectivity index (χ0n) is 20.0. The molecule has 2 amide bonds. The summed E-state index contributed by atoms with van der Waals surface area (Å²) in [7, 11) is -2.18. The summed E-state index contributed by atoms with van der Waals surface area (Å²) in [6.45, 7) is 2.03. The summed E-state index contributed by atoms with van der Waals surface area (Å²) in [6.07, 6.45) is 0.721. The van der Waals surface area contributed by atoms with Crippen molar-refractivity contribution in [1.29, 1.82) is 0 Å². The SMILES string of the molecule is CC[C@@H](C(=O)NC)N(Cc1c(Cl)cccc1Cl)C(=O)CCCN1c2cccc3cccc(c23)S1(=O)=O. The van der Waals surface area contributed by atoms with Crippen LogP contribution in [0.2, 0.25) is 10.0 Å². The molecule has 3 aromatic carbocycles. The number of hydrogen-bond donors (Lipinski definition) is 1. The number of nitrogens with zero attached hydrogens (tertiary/aromatic N) is 2. The molecule has 190 valence electrons. The van der Waals surface area contributed by atoms with Gasteiger partial charge in [0.1, 0.15) is 6.04 Å². The molecule has 0 aromatic heterocycles. The van der Waals surface area contributed by atoms with E-state index in [1.54, 1.807) is 36.4 Å². The van der Waals surface area contributed by atoms with Gasteiger partial charge in [0.15, 0.2) is 0 Å². The molecule has 10 heteroatoms. The van der Waals surface area contributed by atoms with Crippen molar-refractivity contribution in [2.24, 2.45) is 0 Å². The first-order valence-corrected chi connectivity index (χ1v) is 13.9. The molecule has 36 heavy (non-hydrogen) atoms. The lowest BCUT2D eigenvalue weighted by Gasteiger charge is -2.31. The van der Waals surface area contributed by atoms with E-state index >= 15 is 0 Å². The van der Waals surface area contributed by atoms with E-state index in [0.29, 0.717) is 33.1 Å². The molecule has 0 saturated carbocycles. The number of anilines is 1.